The van der Waals surface area contributed by atoms with E-state index in [0.29, 0.717) is 46.6 Å². The van der Waals surface area contributed by atoms with Gasteiger partial charge in [-0.3, -0.25) is 9.59 Å². The molecule has 2 amide bonds. The Labute approximate surface area is 299 Å². The molecule has 3 aromatic rings. The Morgan fingerprint density at radius 3 is 2.18 bits per heavy atom. The van der Waals surface area contributed by atoms with Crippen LogP contribution in [0.4, 0.5) is 13.2 Å². The maximum atomic E-state index is 13.9. The van der Waals surface area contributed by atoms with Crippen molar-refractivity contribution in [3.05, 3.63) is 92.5 Å². The molecule has 0 bridgehead atoms. The summed E-state index contributed by atoms with van der Waals surface area (Å²) in [6.07, 6.45) is -2.33. The van der Waals surface area contributed by atoms with Gasteiger partial charge in [0, 0.05) is 30.7 Å². The van der Waals surface area contributed by atoms with Gasteiger partial charge >= 0.3 is 12.1 Å². The minimum atomic E-state index is -5.08. The number of carboxylic acids is 1. The number of nitrogens with zero attached hydrogens (tertiary/aromatic N) is 1. The van der Waals surface area contributed by atoms with E-state index in [9.17, 15) is 22.8 Å². The van der Waals surface area contributed by atoms with E-state index < -0.39 is 12.1 Å². The molecule has 0 radical (unpaired) electrons. The number of piperidine rings is 1. The molecule has 1 unspecified atom stereocenters. The number of rotatable bonds is 11. The Bertz CT molecular complexity index is 1640. The molecule has 9 nitrogen and oxygen atoms in total. The second-order valence-corrected chi connectivity index (χ2v) is 13.1. The summed E-state index contributed by atoms with van der Waals surface area (Å²) in [7, 11) is 0. The number of amides is 2. The van der Waals surface area contributed by atoms with Crippen molar-refractivity contribution in [2.45, 2.75) is 64.8 Å². The smallest absolute Gasteiger partial charge is 0.490 e. The topological polar surface area (TPSA) is 117 Å². The third-order valence-electron chi connectivity index (χ3n) is 8.54. The number of ether oxygens (including phenoxy) is 2. The van der Waals surface area contributed by atoms with Crippen molar-refractivity contribution in [1.82, 2.24) is 15.5 Å². The van der Waals surface area contributed by atoms with Crippen LogP contribution in [0.15, 0.2) is 54.6 Å². The van der Waals surface area contributed by atoms with Gasteiger partial charge < -0.3 is 30.1 Å². The highest BCUT2D eigenvalue weighted by molar-refractivity contribution is 6.37. The number of aryl methyl sites for hydroxylation is 2. The molecule has 14 heteroatoms. The minimum Gasteiger partial charge on any atom is -0.490 e. The molecule has 0 spiro atoms. The van der Waals surface area contributed by atoms with Crippen LogP contribution in [0, 0.1) is 26.7 Å². The Kier molecular flexibility index (Phi) is 13.4. The van der Waals surface area contributed by atoms with Crippen molar-refractivity contribution >= 4 is 41.0 Å². The number of hydrogen-bond acceptors (Lipinski definition) is 6. The summed E-state index contributed by atoms with van der Waals surface area (Å²) >= 11 is 12.5. The van der Waals surface area contributed by atoms with E-state index in [2.05, 4.69) is 42.7 Å². The molecule has 1 heterocycles. The van der Waals surface area contributed by atoms with E-state index in [4.69, 9.17) is 42.6 Å². The van der Waals surface area contributed by atoms with Crippen LogP contribution >= 0.6 is 23.2 Å². The molecule has 2 atom stereocenters. The van der Waals surface area contributed by atoms with E-state index in [1.807, 2.05) is 11.8 Å². The van der Waals surface area contributed by atoms with Crippen LogP contribution < -0.4 is 20.1 Å². The van der Waals surface area contributed by atoms with E-state index in [1.54, 1.807) is 36.4 Å². The Morgan fingerprint density at radius 2 is 1.58 bits per heavy atom. The lowest BCUT2D eigenvalue weighted by molar-refractivity contribution is -0.192. The monoisotopic (exact) mass is 737 g/mol. The number of hydrogen-bond donors (Lipinski definition) is 3. The van der Waals surface area contributed by atoms with Crippen LogP contribution in [0.3, 0.4) is 0 Å². The summed E-state index contributed by atoms with van der Waals surface area (Å²) in [6.45, 7) is 8.58. The first kappa shape index (κ1) is 38.8. The van der Waals surface area contributed by atoms with Crippen LogP contribution in [0.2, 0.25) is 10.0 Å². The zero-order valence-electron chi connectivity index (χ0n) is 27.9. The van der Waals surface area contributed by atoms with Crippen LogP contribution in [-0.2, 0) is 16.1 Å². The van der Waals surface area contributed by atoms with Gasteiger partial charge in [-0.25, -0.2) is 4.79 Å². The molecule has 5 rings (SSSR count). The van der Waals surface area contributed by atoms with Gasteiger partial charge in [0.2, 0.25) is 5.91 Å². The molecule has 270 valence electrons. The van der Waals surface area contributed by atoms with Crippen LogP contribution in [0.5, 0.6) is 11.5 Å². The zero-order chi connectivity index (χ0) is 36.6. The number of nitrogens with one attached hydrogen (secondary N) is 2. The molecule has 1 aliphatic heterocycles. The highest BCUT2D eigenvalue weighted by Crippen LogP contribution is 2.34. The average Bonchev–Trinajstić information content (AvgIpc) is 3.90. The third-order valence-corrected chi connectivity index (χ3v) is 9.11. The lowest BCUT2D eigenvalue weighted by atomic mass is 9.91. The second kappa shape index (κ2) is 17.3. The summed E-state index contributed by atoms with van der Waals surface area (Å²) in [5.74, 6) is -2.11. The van der Waals surface area contributed by atoms with Crippen LogP contribution in [0.25, 0.3) is 0 Å². The summed E-state index contributed by atoms with van der Waals surface area (Å²) in [6, 6.07) is 16.9. The van der Waals surface area contributed by atoms with Gasteiger partial charge in [0.15, 0.2) is 5.75 Å². The second-order valence-electron chi connectivity index (χ2n) is 12.3. The lowest BCUT2D eigenvalue weighted by Gasteiger charge is -2.36. The largest absolute Gasteiger partial charge is 0.490 e. The van der Waals surface area contributed by atoms with E-state index in [0.717, 1.165) is 24.9 Å². The predicted octanol–water partition coefficient (Wildman–Crippen LogP) is 6.91. The van der Waals surface area contributed by atoms with E-state index in [-0.39, 0.29) is 43.0 Å². The average molecular weight is 739 g/mol. The maximum Gasteiger partial charge on any atom is 0.490 e. The number of benzene rings is 3. The van der Waals surface area contributed by atoms with Crippen molar-refractivity contribution in [3.63, 3.8) is 0 Å². The van der Waals surface area contributed by atoms with Gasteiger partial charge in [-0.05, 0) is 105 Å². The minimum absolute atomic E-state index is 0.111. The quantitative estimate of drug-likeness (QED) is 0.183. The Hall–Kier alpha value is -4.00. The highest BCUT2D eigenvalue weighted by Gasteiger charge is 2.40. The molecule has 3 aromatic carbocycles. The van der Waals surface area contributed by atoms with E-state index in [1.165, 1.54) is 16.7 Å². The van der Waals surface area contributed by atoms with Crippen LogP contribution in [-0.4, -0.2) is 72.4 Å². The van der Waals surface area contributed by atoms with Gasteiger partial charge in [-0.2, -0.15) is 13.2 Å². The molecule has 3 N–H and O–H groups in total. The van der Waals surface area contributed by atoms with E-state index >= 15 is 0 Å². The van der Waals surface area contributed by atoms with Gasteiger partial charge in [0.1, 0.15) is 19.0 Å². The molecule has 1 aliphatic carbocycles. The molecule has 0 aromatic heterocycles. The first-order valence-electron chi connectivity index (χ1n) is 16.1. The predicted molar refractivity (Wildman–Crippen MR) is 184 cm³/mol. The van der Waals surface area contributed by atoms with Gasteiger partial charge in [-0.15, -0.1) is 0 Å². The number of carbonyl (C=O) groups is 3. The van der Waals surface area contributed by atoms with Crippen LogP contribution in [0.1, 0.15) is 51.9 Å². The molecular weight excluding hydrogens is 698 g/mol. The van der Waals surface area contributed by atoms with Crippen molar-refractivity contribution < 1.29 is 42.1 Å². The fraction of sp³-hybridized carbons (Fsp3) is 0.417. The Balaban J connectivity index is 0.000000727. The number of alkyl halides is 3. The molecule has 1 saturated carbocycles. The molecule has 2 fully saturated rings. The first-order chi connectivity index (χ1) is 23.6. The zero-order valence-corrected chi connectivity index (χ0v) is 29.4. The summed E-state index contributed by atoms with van der Waals surface area (Å²) < 4.78 is 43.2. The maximum absolute atomic E-state index is 13.9. The van der Waals surface area contributed by atoms with Gasteiger partial charge in [-0.1, -0.05) is 41.4 Å². The third kappa shape index (κ3) is 10.7. The van der Waals surface area contributed by atoms with Gasteiger partial charge in [0.05, 0.1) is 16.0 Å². The fourth-order valence-electron chi connectivity index (χ4n) is 5.53. The van der Waals surface area contributed by atoms with Crippen molar-refractivity contribution in [2.75, 3.05) is 26.3 Å². The Morgan fingerprint density at radius 1 is 0.960 bits per heavy atom. The fourth-order valence-corrected chi connectivity index (χ4v) is 6.23. The molecule has 50 heavy (non-hydrogen) atoms. The highest BCUT2D eigenvalue weighted by atomic mass is 35.5. The molecule has 1 saturated heterocycles. The summed E-state index contributed by atoms with van der Waals surface area (Å²) in [5, 5.41) is 14.6. The summed E-state index contributed by atoms with van der Waals surface area (Å²) in [4.78, 5) is 38.1. The normalized spacial score (nSPS) is 17.2. The first-order valence-corrected chi connectivity index (χ1v) is 16.9. The lowest BCUT2D eigenvalue weighted by Crippen LogP contribution is -2.55. The van der Waals surface area contributed by atoms with Crippen molar-refractivity contribution in [3.8, 4) is 11.5 Å². The summed E-state index contributed by atoms with van der Waals surface area (Å²) in [5.41, 5.74) is 5.11. The number of aliphatic carboxylic acids is 1. The molecular formula is C36H40Cl2F3N3O6. The number of carbonyl (C=O) groups excluding carboxylic acids is 2. The SMILES string of the molecule is Cc1cc(Cl)c(OCCOc2ccc(C(=O)N[C@H]3CCNCC3C(=O)N(Cc3cccc(C)c3C)C3CC3)cc2)c(Cl)c1.O=C(O)C(F)(F)F. The number of halogens is 5. The van der Waals surface area contributed by atoms with Crippen molar-refractivity contribution in [2.24, 2.45) is 5.92 Å². The molecule has 2 aliphatic rings. The van der Waals surface area contributed by atoms with Gasteiger partial charge in [0.25, 0.3) is 5.91 Å². The standard InChI is InChI=1S/C34H39Cl2N3O4.C2HF3O2/c1-21-17-29(35)32(30(36)18-21)43-16-15-42-27-11-7-24(8-12-27)33(40)38-31-13-14-37-19-28(31)34(41)39(26-9-10-26)20-25-6-4-5-22(2)23(25)3;3-2(4,5)1(6)7/h4-8,11-12,17-18,26,28,31,37H,9-10,13-16,19-20H2,1-3H3,(H,38,40);(H,6,7)/t28?,31-;/m0./s1. The number of carboxylic acid groups (broad SMARTS) is 1. The van der Waals surface area contributed by atoms with Crippen molar-refractivity contribution in [1.29, 1.82) is 0 Å².